The van der Waals surface area contributed by atoms with Crippen molar-refractivity contribution >= 4 is 11.8 Å². The molecule has 0 aliphatic rings. The summed E-state index contributed by atoms with van der Waals surface area (Å²) in [5.74, 6) is -1.83. The van der Waals surface area contributed by atoms with Crippen LogP contribution in [0.3, 0.4) is 0 Å². The highest BCUT2D eigenvalue weighted by atomic mass is 19.4. The van der Waals surface area contributed by atoms with Crippen molar-refractivity contribution in [2.24, 2.45) is 0 Å². The summed E-state index contributed by atoms with van der Waals surface area (Å²) in [6.07, 6.45) is -4.91. The molecule has 0 aromatic heterocycles. The van der Waals surface area contributed by atoms with Gasteiger partial charge in [-0.25, -0.2) is 4.79 Å². The third-order valence-electron chi connectivity index (χ3n) is 2.45. The number of alkyl halides is 3. The van der Waals surface area contributed by atoms with Crippen LogP contribution in [0.1, 0.15) is 24.5 Å². The number of esters is 1. The standard InChI is InChI=1S/C13H13F3O3/c1-2-19-12(18)11(17)8-7-9-5-3-4-6-10(9)13(14,15)16/h3-6H,2,7-8H2,1H3. The summed E-state index contributed by atoms with van der Waals surface area (Å²) in [5.41, 5.74) is -0.792. The summed E-state index contributed by atoms with van der Waals surface area (Å²) < 4.78 is 42.5. The number of carbonyl (C=O) groups excluding carboxylic acids is 2. The Labute approximate surface area is 108 Å². The summed E-state index contributed by atoms with van der Waals surface area (Å²) in [7, 11) is 0. The van der Waals surface area contributed by atoms with Crippen molar-refractivity contribution in [2.75, 3.05) is 6.61 Å². The van der Waals surface area contributed by atoms with Gasteiger partial charge in [0.2, 0.25) is 5.78 Å². The van der Waals surface area contributed by atoms with Crippen LogP contribution >= 0.6 is 0 Å². The number of Topliss-reactive ketones (excluding diaryl/α,β-unsaturated/α-hetero) is 1. The summed E-state index contributed by atoms with van der Waals surface area (Å²) in [5, 5.41) is 0. The molecule has 0 aliphatic carbocycles. The lowest BCUT2D eigenvalue weighted by Gasteiger charge is -2.11. The van der Waals surface area contributed by atoms with Crippen LogP contribution in [0.2, 0.25) is 0 Å². The van der Waals surface area contributed by atoms with Gasteiger partial charge in [-0.3, -0.25) is 4.79 Å². The highest BCUT2D eigenvalue weighted by Crippen LogP contribution is 2.32. The number of ether oxygens (including phenoxy) is 1. The van der Waals surface area contributed by atoms with Crippen LogP contribution < -0.4 is 0 Å². The van der Waals surface area contributed by atoms with Crippen molar-refractivity contribution in [3.05, 3.63) is 35.4 Å². The van der Waals surface area contributed by atoms with Crippen molar-refractivity contribution in [1.29, 1.82) is 0 Å². The molecule has 19 heavy (non-hydrogen) atoms. The van der Waals surface area contributed by atoms with E-state index >= 15 is 0 Å². The Morgan fingerprint density at radius 3 is 2.42 bits per heavy atom. The van der Waals surface area contributed by atoms with Crippen molar-refractivity contribution in [2.45, 2.75) is 25.9 Å². The number of benzene rings is 1. The average molecular weight is 274 g/mol. The van der Waals surface area contributed by atoms with Crippen LogP contribution in [0.15, 0.2) is 24.3 Å². The molecular formula is C13H13F3O3. The zero-order valence-corrected chi connectivity index (χ0v) is 10.3. The molecule has 0 saturated heterocycles. The lowest BCUT2D eigenvalue weighted by Crippen LogP contribution is -2.18. The third kappa shape index (κ3) is 4.39. The Bertz CT molecular complexity index is 466. The van der Waals surface area contributed by atoms with Crippen molar-refractivity contribution in [3.63, 3.8) is 0 Å². The molecule has 1 rings (SSSR count). The molecule has 0 fully saturated rings. The van der Waals surface area contributed by atoms with E-state index < -0.39 is 23.5 Å². The fourth-order valence-corrected chi connectivity index (χ4v) is 1.58. The molecule has 0 unspecified atom stereocenters. The van der Waals surface area contributed by atoms with E-state index in [1.165, 1.54) is 18.2 Å². The van der Waals surface area contributed by atoms with E-state index in [0.29, 0.717) is 0 Å². The molecule has 1 aromatic rings. The molecule has 1 aromatic carbocycles. The number of hydrogen-bond donors (Lipinski definition) is 0. The molecule has 0 atom stereocenters. The van der Waals surface area contributed by atoms with Crippen LogP contribution in [0, 0.1) is 0 Å². The second-order valence-electron chi connectivity index (χ2n) is 3.80. The first kappa shape index (κ1) is 15.2. The molecule has 0 radical (unpaired) electrons. The summed E-state index contributed by atoms with van der Waals surface area (Å²) in [6, 6.07) is 4.98. The number of rotatable bonds is 5. The maximum atomic E-state index is 12.7. The lowest BCUT2D eigenvalue weighted by molar-refractivity contribution is -0.153. The van der Waals surface area contributed by atoms with E-state index in [1.54, 1.807) is 6.92 Å². The van der Waals surface area contributed by atoms with Gasteiger partial charge in [-0.1, -0.05) is 18.2 Å². The van der Waals surface area contributed by atoms with Crippen LogP contribution in [-0.2, 0) is 26.9 Å². The first-order valence-electron chi connectivity index (χ1n) is 5.71. The number of carbonyl (C=O) groups is 2. The molecule has 0 aliphatic heterocycles. The van der Waals surface area contributed by atoms with Gasteiger partial charge in [-0.15, -0.1) is 0 Å². The largest absolute Gasteiger partial charge is 0.460 e. The molecule has 0 saturated carbocycles. The molecule has 104 valence electrons. The molecule has 0 spiro atoms. The molecule has 0 N–H and O–H groups in total. The van der Waals surface area contributed by atoms with Gasteiger partial charge in [-0.05, 0) is 25.0 Å². The summed E-state index contributed by atoms with van der Waals surface area (Å²) in [4.78, 5) is 22.4. The van der Waals surface area contributed by atoms with Gasteiger partial charge in [0.1, 0.15) is 0 Å². The Morgan fingerprint density at radius 2 is 1.84 bits per heavy atom. The normalized spacial score (nSPS) is 11.2. The topological polar surface area (TPSA) is 43.4 Å². The van der Waals surface area contributed by atoms with Crippen LogP contribution in [0.5, 0.6) is 0 Å². The van der Waals surface area contributed by atoms with Crippen molar-refractivity contribution < 1.29 is 27.5 Å². The van der Waals surface area contributed by atoms with Gasteiger partial charge in [0.15, 0.2) is 0 Å². The van der Waals surface area contributed by atoms with E-state index in [-0.39, 0.29) is 25.0 Å². The van der Waals surface area contributed by atoms with E-state index in [1.807, 2.05) is 0 Å². The SMILES string of the molecule is CCOC(=O)C(=O)CCc1ccccc1C(F)(F)F. The third-order valence-corrected chi connectivity index (χ3v) is 2.45. The van der Waals surface area contributed by atoms with Gasteiger partial charge >= 0.3 is 12.1 Å². The number of halogens is 3. The average Bonchev–Trinajstić information content (AvgIpc) is 2.35. The minimum atomic E-state index is -4.47. The predicted octanol–water partition coefficient (Wildman–Crippen LogP) is 2.77. The van der Waals surface area contributed by atoms with Crippen molar-refractivity contribution in [3.8, 4) is 0 Å². The summed E-state index contributed by atoms with van der Waals surface area (Å²) in [6.45, 7) is 1.61. The minimum absolute atomic E-state index is 0.00681. The van der Waals surface area contributed by atoms with E-state index in [9.17, 15) is 22.8 Å². The second kappa shape index (κ2) is 6.36. The number of aryl methyl sites for hydroxylation is 1. The summed E-state index contributed by atoms with van der Waals surface area (Å²) >= 11 is 0. The fraction of sp³-hybridized carbons (Fsp3) is 0.385. The Balaban J connectivity index is 2.74. The molecule has 0 bridgehead atoms. The smallest absolute Gasteiger partial charge is 0.416 e. The number of ketones is 1. The minimum Gasteiger partial charge on any atom is -0.460 e. The van der Waals surface area contributed by atoms with E-state index in [0.717, 1.165) is 6.07 Å². The highest BCUT2D eigenvalue weighted by Gasteiger charge is 2.32. The van der Waals surface area contributed by atoms with Crippen LogP contribution in [0.25, 0.3) is 0 Å². The Hall–Kier alpha value is -1.85. The first-order valence-corrected chi connectivity index (χ1v) is 5.71. The Morgan fingerprint density at radius 1 is 1.21 bits per heavy atom. The van der Waals surface area contributed by atoms with Gasteiger partial charge in [0.05, 0.1) is 12.2 Å². The Kier molecular flexibility index (Phi) is 5.09. The first-order chi connectivity index (χ1) is 8.86. The number of hydrogen-bond acceptors (Lipinski definition) is 3. The predicted molar refractivity (Wildman–Crippen MR) is 61.4 cm³/mol. The molecule has 6 heteroatoms. The maximum Gasteiger partial charge on any atom is 0.416 e. The zero-order chi connectivity index (χ0) is 14.5. The zero-order valence-electron chi connectivity index (χ0n) is 10.3. The van der Waals surface area contributed by atoms with Gasteiger partial charge < -0.3 is 4.74 Å². The molecule has 0 heterocycles. The van der Waals surface area contributed by atoms with Crippen molar-refractivity contribution in [1.82, 2.24) is 0 Å². The van der Waals surface area contributed by atoms with Gasteiger partial charge in [0, 0.05) is 6.42 Å². The molecular weight excluding hydrogens is 261 g/mol. The lowest BCUT2D eigenvalue weighted by atomic mass is 10.0. The van der Waals surface area contributed by atoms with Crippen LogP contribution in [-0.4, -0.2) is 18.4 Å². The highest BCUT2D eigenvalue weighted by molar-refractivity contribution is 6.33. The van der Waals surface area contributed by atoms with Crippen LogP contribution in [0.4, 0.5) is 13.2 Å². The monoisotopic (exact) mass is 274 g/mol. The fourth-order valence-electron chi connectivity index (χ4n) is 1.58. The van der Waals surface area contributed by atoms with E-state index in [4.69, 9.17) is 0 Å². The van der Waals surface area contributed by atoms with Gasteiger partial charge in [-0.2, -0.15) is 13.2 Å². The van der Waals surface area contributed by atoms with Gasteiger partial charge in [0.25, 0.3) is 0 Å². The van der Waals surface area contributed by atoms with E-state index in [2.05, 4.69) is 4.74 Å². The maximum absolute atomic E-state index is 12.7. The quantitative estimate of drug-likeness (QED) is 0.612. The molecule has 0 amide bonds. The second-order valence-corrected chi connectivity index (χ2v) is 3.80. The molecule has 3 nitrogen and oxygen atoms in total.